The second-order valence-corrected chi connectivity index (χ2v) is 10.1. The molecule has 1 heterocycles. The number of hydrogen-bond donors (Lipinski definition) is 1. The summed E-state index contributed by atoms with van der Waals surface area (Å²) < 4.78 is 28.1. The van der Waals surface area contributed by atoms with Gasteiger partial charge in [0, 0.05) is 20.6 Å². The van der Waals surface area contributed by atoms with Crippen molar-refractivity contribution in [3.05, 3.63) is 76.1 Å². The zero-order valence-corrected chi connectivity index (χ0v) is 17.4. The minimum Gasteiger partial charge on any atom is -0.293 e. The van der Waals surface area contributed by atoms with Gasteiger partial charge in [-0.25, -0.2) is 8.42 Å². The van der Waals surface area contributed by atoms with Gasteiger partial charge < -0.3 is 0 Å². The molecule has 3 rings (SSSR count). The van der Waals surface area contributed by atoms with E-state index in [1.165, 1.54) is 23.1 Å². The number of Topliss-reactive ketones (excluding diaryl/α,β-unsaturated/α-hetero) is 1. The Morgan fingerprint density at radius 2 is 1.73 bits per heavy atom. The molecule has 0 aliphatic rings. The molecule has 134 valence electrons. The monoisotopic (exact) mass is 467 g/mol. The molecule has 0 amide bonds. The highest BCUT2D eigenvalue weighted by Crippen LogP contribution is 2.24. The molecular weight excluding hydrogens is 454 g/mol. The van der Waals surface area contributed by atoms with Crippen LogP contribution in [0.25, 0.3) is 0 Å². The van der Waals surface area contributed by atoms with Gasteiger partial charge in [-0.3, -0.25) is 9.52 Å². The third-order valence-corrected chi connectivity index (χ3v) is 7.72. The quantitative estimate of drug-likeness (QED) is 0.378. The van der Waals surface area contributed by atoms with Crippen molar-refractivity contribution in [2.45, 2.75) is 9.10 Å². The van der Waals surface area contributed by atoms with Crippen LogP contribution in [0.1, 0.15) is 10.4 Å². The number of rotatable bonds is 7. The van der Waals surface area contributed by atoms with Gasteiger partial charge in [-0.15, -0.1) is 23.1 Å². The van der Waals surface area contributed by atoms with Crippen LogP contribution in [0.4, 0.5) is 5.69 Å². The Hall–Kier alpha value is -1.61. The highest BCUT2D eigenvalue weighted by Gasteiger charge is 2.15. The largest absolute Gasteiger partial charge is 0.293 e. The number of nitrogens with one attached hydrogen (secondary N) is 1. The van der Waals surface area contributed by atoms with E-state index >= 15 is 0 Å². The van der Waals surface area contributed by atoms with Crippen molar-refractivity contribution < 1.29 is 13.2 Å². The van der Waals surface area contributed by atoms with Crippen molar-refractivity contribution in [1.29, 1.82) is 0 Å². The number of thiophene rings is 1. The summed E-state index contributed by atoms with van der Waals surface area (Å²) in [4.78, 5) is 13.1. The van der Waals surface area contributed by atoms with Gasteiger partial charge in [0.1, 0.15) is 4.21 Å². The van der Waals surface area contributed by atoms with Gasteiger partial charge in [0.05, 0.1) is 5.75 Å². The fourth-order valence-electron chi connectivity index (χ4n) is 2.11. The summed E-state index contributed by atoms with van der Waals surface area (Å²) in [6, 6.07) is 17.5. The van der Waals surface area contributed by atoms with Crippen LogP contribution >= 0.6 is 39.0 Å². The number of benzene rings is 2. The van der Waals surface area contributed by atoms with Crippen molar-refractivity contribution in [2.75, 3.05) is 10.5 Å². The lowest BCUT2D eigenvalue weighted by Crippen LogP contribution is -2.11. The van der Waals surface area contributed by atoms with Crippen molar-refractivity contribution in [1.82, 2.24) is 0 Å². The molecule has 0 spiro atoms. The first-order chi connectivity index (χ1) is 12.4. The molecule has 0 saturated carbocycles. The third kappa shape index (κ3) is 4.97. The van der Waals surface area contributed by atoms with Crippen LogP contribution in [0.15, 0.2) is 79.6 Å². The molecule has 0 atom stereocenters. The van der Waals surface area contributed by atoms with Crippen LogP contribution in [0.3, 0.4) is 0 Å². The summed E-state index contributed by atoms with van der Waals surface area (Å²) in [6.07, 6.45) is 0. The summed E-state index contributed by atoms with van der Waals surface area (Å²) in [5.41, 5.74) is 1.16. The lowest BCUT2D eigenvalue weighted by molar-refractivity contribution is 0.102. The zero-order valence-electron chi connectivity index (χ0n) is 13.4. The summed E-state index contributed by atoms with van der Waals surface area (Å²) in [5.74, 6) is 0.368. The van der Waals surface area contributed by atoms with E-state index in [-0.39, 0.29) is 9.99 Å². The average Bonchev–Trinajstić information content (AvgIpc) is 3.17. The lowest BCUT2D eigenvalue weighted by Gasteiger charge is -2.07. The van der Waals surface area contributed by atoms with Gasteiger partial charge in [0.2, 0.25) is 0 Å². The second kappa shape index (κ2) is 8.39. The van der Waals surface area contributed by atoms with Gasteiger partial charge >= 0.3 is 0 Å². The molecule has 0 fully saturated rings. The normalized spacial score (nSPS) is 11.3. The van der Waals surface area contributed by atoms with Crippen molar-refractivity contribution in [3.63, 3.8) is 0 Å². The van der Waals surface area contributed by atoms with Gasteiger partial charge in [-0.05, 0) is 47.8 Å². The number of hydrogen-bond acceptors (Lipinski definition) is 5. The summed E-state index contributed by atoms with van der Waals surface area (Å²) >= 11 is 5.93. The third-order valence-electron chi connectivity index (χ3n) is 3.40. The number of thioether (sulfide) groups is 1. The smallest absolute Gasteiger partial charge is 0.271 e. The number of carbonyl (C=O) groups excluding carboxylic acids is 1. The predicted octanol–water partition coefficient (Wildman–Crippen LogP) is 5.29. The maximum atomic E-state index is 12.2. The first kappa shape index (κ1) is 19.2. The molecular formula is C18H14BrNO3S3. The molecule has 8 heteroatoms. The Morgan fingerprint density at radius 1 is 1.04 bits per heavy atom. The number of sulfonamides is 1. The van der Waals surface area contributed by atoms with E-state index in [2.05, 4.69) is 20.7 Å². The Morgan fingerprint density at radius 3 is 2.35 bits per heavy atom. The summed E-state index contributed by atoms with van der Waals surface area (Å²) in [7, 11) is -3.54. The molecule has 1 aromatic heterocycles. The Balaban J connectivity index is 1.59. The van der Waals surface area contributed by atoms with E-state index in [4.69, 9.17) is 0 Å². The molecule has 4 nitrogen and oxygen atoms in total. The molecule has 0 unspecified atom stereocenters. The molecule has 2 aromatic carbocycles. The van der Waals surface area contributed by atoms with Crippen molar-refractivity contribution in [3.8, 4) is 0 Å². The minimum atomic E-state index is -3.54. The summed E-state index contributed by atoms with van der Waals surface area (Å²) in [5, 5.41) is 1.72. The van der Waals surface area contributed by atoms with Crippen LogP contribution in [0.2, 0.25) is 0 Å². The van der Waals surface area contributed by atoms with Crippen LogP contribution in [0.5, 0.6) is 0 Å². The zero-order chi connectivity index (χ0) is 18.6. The van der Waals surface area contributed by atoms with Crippen LogP contribution in [0, 0.1) is 0 Å². The Bertz CT molecular complexity index is 983. The number of carbonyl (C=O) groups is 1. The van der Waals surface area contributed by atoms with Crippen LogP contribution < -0.4 is 4.72 Å². The predicted molar refractivity (Wildman–Crippen MR) is 111 cm³/mol. The number of ketones is 1. The van der Waals surface area contributed by atoms with Crippen LogP contribution in [-0.2, 0) is 10.0 Å². The number of halogens is 1. The first-order valence-electron chi connectivity index (χ1n) is 7.52. The molecule has 0 radical (unpaired) electrons. The van der Waals surface area contributed by atoms with E-state index < -0.39 is 10.0 Å². The van der Waals surface area contributed by atoms with Gasteiger partial charge in [-0.1, -0.05) is 34.1 Å². The van der Waals surface area contributed by atoms with E-state index in [1.807, 2.05) is 12.1 Å². The van der Waals surface area contributed by atoms with Crippen LogP contribution in [-0.4, -0.2) is 20.0 Å². The first-order valence-corrected chi connectivity index (χ1v) is 11.7. The van der Waals surface area contributed by atoms with Gasteiger partial charge in [0.25, 0.3) is 10.0 Å². The van der Waals surface area contributed by atoms with Crippen molar-refractivity contribution in [2.24, 2.45) is 0 Å². The molecule has 3 aromatic rings. The second-order valence-electron chi connectivity index (χ2n) is 5.28. The standard InChI is InChI=1S/C18H14BrNO3S3/c19-14-5-3-13(4-6-14)17(21)12-25-16-9-7-15(8-10-16)20-26(22,23)18-2-1-11-24-18/h1-11,20H,12H2. The van der Waals surface area contributed by atoms with Gasteiger partial charge in [-0.2, -0.15) is 0 Å². The number of anilines is 1. The maximum absolute atomic E-state index is 12.2. The van der Waals surface area contributed by atoms with Crippen molar-refractivity contribution >= 4 is 60.5 Å². The van der Waals surface area contributed by atoms with E-state index in [9.17, 15) is 13.2 Å². The molecule has 0 bridgehead atoms. The molecule has 0 aliphatic heterocycles. The van der Waals surface area contributed by atoms with E-state index in [1.54, 1.807) is 53.9 Å². The Kier molecular flexibility index (Phi) is 6.18. The average molecular weight is 468 g/mol. The highest BCUT2D eigenvalue weighted by molar-refractivity contribution is 9.10. The van der Waals surface area contributed by atoms with E-state index in [0.717, 1.165) is 9.37 Å². The molecule has 1 N–H and O–H groups in total. The lowest BCUT2D eigenvalue weighted by atomic mass is 10.2. The fourth-order valence-corrected chi connectivity index (χ4v) is 5.22. The highest BCUT2D eigenvalue weighted by atomic mass is 79.9. The fraction of sp³-hybridized carbons (Fsp3) is 0.0556. The maximum Gasteiger partial charge on any atom is 0.271 e. The molecule has 0 aliphatic carbocycles. The SMILES string of the molecule is O=C(CSc1ccc(NS(=O)(=O)c2cccs2)cc1)c1ccc(Br)cc1. The summed E-state index contributed by atoms with van der Waals surface area (Å²) in [6.45, 7) is 0. The minimum absolute atomic E-state index is 0.0463. The van der Waals surface area contributed by atoms with Gasteiger partial charge in [0.15, 0.2) is 5.78 Å². The molecule has 0 saturated heterocycles. The Labute approximate surface area is 168 Å². The molecule has 26 heavy (non-hydrogen) atoms. The van der Waals surface area contributed by atoms with E-state index in [0.29, 0.717) is 17.0 Å². The topological polar surface area (TPSA) is 63.2 Å².